The molecule has 0 spiro atoms. The highest BCUT2D eigenvalue weighted by molar-refractivity contribution is 5.72. The average molecular weight is 190 g/mol. The van der Waals surface area contributed by atoms with Crippen LogP contribution in [0.1, 0.15) is 19.6 Å². The van der Waals surface area contributed by atoms with Gasteiger partial charge in [-0.1, -0.05) is 0 Å². The Morgan fingerprint density at radius 3 is 2.93 bits per heavy atom. The fourth-order valence-electron chi connectivity index (χ4n) is 1.46. The molecule has 0 saturated carbocycles. The van der Waals surface area contributed by atoms with Gasteiger partial charge in [0.2, 0.25) is 0 Å². The molecule has 2 rings (SSSR count). The maximum absolute atomic E-state index is 5.91. The zero-order valence-electron chi connectivity index (χ0n) is 8.45. The second kappa shape index (κ2) is 3.10. The van der Waals surface area contributed by atoms with Crippen LogP contribution >= 0.6 is 0 Å². The van der Waals surface area contributed by atoms with Crippen molar-refractivity contribution in [3.05, 3.63) is 30.2 Å². The summed E-state index contributed by atoms with van der Waals surface area (Å²) in [5, 5.41) is 0. The highest BCUT2D eigenvalue weighted by atomic mass is 16.3. The third-order valence-corrected chi connectivity index (χ3v) is 1.97. The second-order valence-electron chi connectivity index (χ2n) is 4.26. The van der Waals surface area contributed by atoms with Crippen molar-refractivity contribution in [2.24, 2.45) is 5.73 Å². The molecular weight excluding hydrogens is 176 g/mol. The Morgan fingerprint density at radius 1 is 1.50 bits per heavy atom. The molecule has 3 heteroatoms. The normalized spacial score (nSPS) is 12.2. The Morgan fingerprint density at radius 2 is 2.29 bits per heavy atom. The lowest BCUT2D eigenvalue weighted by molar-refractivity contribution is 0.446. The predicted molar refractivity (Wildman–Crippen MR) is 56.0 cm³/mol. The molecule has 0 aliphatic heterocycles. The molecule has 3 nitrogen and oxygen atoms in total. The minimum atomic E-state index is -0.242. The van der Waals surface area contributed by atoms with Gasteiger partial charge in [-0.25, -0.2) is 0 Å². The topological polar surface area (TPSA) is 52.0 Å². The minimum Gasteiger partial charge on any atom is -0.459 e. The summed E-state index contributed by atoms with van der Waals surface area (Å²) in [6.07, 6.45) is 2.48. The Kier molecular flexibility index (Phi) is 2.04. The van der Waals surface area contributed by atoms with Crippen molar-refractivity contribution < 1.29 is 4.42 Å². The monoisotopic (exact) mass is 190 g/mol. The lowest BCUT2D eigenvalue weighted by Gasteiger charge is -2.15. The van der Waals surface area contributed by atoms with Crippen LogP contribution in [0, 0.1) is 0 Å². The molecule has 0 aliphatic rings. The number of aromatic nitrogens is 1. The van der Waals surface area contributed by atoms with Gasteiger partial charge < -0.3 is 10.2 Å². The molecular formula is C11H14N2O. The van der Waals surface area contributed by atoms with E-state index < -0.39 is 0 Å². The van der Waals surface area contributed by atoms with Gasteiger partial charge in [-0.05, 0) is 26.0 Å². The first-order chi connectivity index (χ1) is 6.54. The van der Waals surface area contributed by atoms with Crippen molar-refractivity contribution in [3.8, 4) is 0 Å². The van der Waals surface area contributed by atoms with Crippen molar-refractivity contribution >= 4 is 11.1 Å². The van der Waals surface area contributed by atoms with Crippen LogP contribution in [-0.4, -0.2) is 10.5 Å². The van der Waals surface area contributed by atoms with Gasteiger partial charge in [-0.3, -0.25) is 4.98 Å². The lowest BCUT2D eigenvalue weighted by atomic mass is 10.0. The van der Waals surface area contributed by atoms with E-state index in [1.807, 2.05) is 32.0 Å². The first kappa shape index (κ1) is 9.21. The summed E-state index contributed by atoms with van der Waals surface area (Å²) in [5.74, 6) is 0.895. The summed E-state index contributed by atoms with van der Waals surface area (Å²) < 4.78 is 5.60. The lowest BCUT2D eigenvalue weighted by Crippen LogP contribution is -2.34. The van der Waals surface area contributed by atoms with Crippen LogP contribution in [0.5, 0.6) is 0 Å². The van der Waals surface area contributed by atoms with E-state index in [2.05, 4.69) is 4.98 Å². The van der Waals surface area contributed by atoms with E-state index in [4.69, 9.17) is 10.2 Å². The molecule has 74 valence electrons. The molecule has 0 saturated heterocycles. The quantitative estimate of drug-likeness (QED) is 0.789. The van der Waals surface area contributed by atoms with E-state index in [1.54, 1.807) is 6.20 Å². The molecule has 2 aromatic heterocycles. The van der Waals surface area contributed by atoms with Crippen LogP contribution in [-0.2, 0) is 6.42 Å². The van der Waals surface area contributed by atoms with Crippen molar-refractivity contribution in [2.45, 2.75) is 25.8 Å². The number of hydrogen-bond donors (Lipinski definition) is 1. The zero-order chi connectivity index (χ0) is 10.2. The molecule has 2 aromatic rings. The summed E-state index contributed by atoms with van der Waals surface area (Å²) in [6, 6.07) is 5.72. The molecule has 0 aliphatic carbocycles. The first-order valence-electron chi connectivity index (χ1n) is 4.67. The van der Waals surface area contributed by atoms with Crippen LogP contribution in [0.25, 0.3) is 11.1 Å². The second-order valence-corrected chi connectivity index (χ2v) is 4.26. The van der Waals surface area contributed by atoms with Gasteiger partial charge in [0.1, 0.15) is 11.3 Å². The van der Waals surface area contributed by atoms with Gasteiger partial charge in [0.05, 0.1) is 0 Å². The van der Waals surface area contributed by atoms with Crippen molar-refractivity contribution in [2.75, 3.05) is 0 Å². The number of nitrogens with two attached hydrogens (primary N) is 1. The molecule has 0 unspecified atom stereocenters. The van der Waals surface area contributed by atoms with Crippen molar-refractivity contribution in [3.63, 3.8) is 0 Å². The molecule has 0 aromatic carbocycles. The summed E-state index contributed by atoms with van der Waals surface area (Å²) in [6.45, 7) is 3.96. The third kappa shape index (κ3) is 1.93. The van der Waals surface area contributed by atoms with Gasteiger partial charge in [0.15, 0.2) is 5.58 Å². The summed E-state index contributed by atoms with van der Waals surface area (Å²) in [4.78, 5) is 4.20. The number of rotatable bonds is 2. The Balaban J connectivity index is 2.36. The number of fused-ring (bicyclic) bond motifs is 1. The molecule has 0 radical (unpaired) electrons. The van der Waals surface area contributed by atoms with Gasteiger partial charge in [0, 0.05) is 24.2 Å². The number of furan rings is 1. The molecule has 0 atom stereocenters. The van der Waals surface area contributed by atoms with Crippen molar-refractivity contribution in [1.82, 2.24) is 4.98 Å². The molecule has 2 heterocycles. The molecule has 0 bridgehead atoms. The SMILES string of the molecule is CC(C)(N)Cc1cc2ncccc2o1. The molecule has 0 amide bonds. The Labute approximate surface area is 82.9 Å². The van der Waals surface area contributed by atoms with Gasteiger partial charge in [-0.15, -0.1) is 0 Å². The smallest absolute Gasteiger partial charge is 0.152 e. The molecule has 14 heavy (non-hydrogen) atoms. The Hall–Kier alpha value is -1.35. The third-order valence-electron chi connectivity index (χ3n) is 1.97. The largest absolute Gasteiger partial charge is 0.459 e. The highest BCUT2D eigenvalue weighted by Crippen LogP contribution is 2.19. The van der Waals surface area contributed by atoms with Crippen LogP contribution in [0.3, 0.4) is 0 Å². The van der Waals surface area contributed by atoms with Crippen LogP contribution in [0.2, 0.25) is 0 Å². The van der Waals surface area contributed by atoms with Crippen LogP contribution < -0.4 is 5.73 Å². The number of pyridine rings is 1. The average Bonchev–Trinajstić information content (AvgIpc) is 2.42. The Bertz CT molecular complexity index is 407. The van der Waals surface area contributed by atoms with Crippen LogP contribution in [0.15, 0.2) is 28.8 Å². The number of nitrogens with zero attached hydrogens (tertiary/aromatic N) is 1. The maximum Gasteiger partial charge on any atom is 0.152 e. The standard InChI is InChI=1S/C11H14N2O/c1-11(2,12)7-8-6-9-10(14-8)4-3-5-13-9/h3-6H,7,12H2,1-2H3. The van der Waals surface area contributed by atoms with E-state index in [9.17, 15) is 0 Å². The maximum atomic E-state index is 5.91. The fourth-order valence-corrected chi connectivity index (χ4v) is 1.46. The highest BCUT2D eigenvalue weighted by Gasteiger charge is 2.15. The van der Waals surface area contributed by atoms with E-state index in [-0.39, 0.29) is 5.54 Å². The van der Waals surface area contributed by atoms with E-state index in [0.29, 0.717) is 0 Å². The summed E-state index contributed by atoms with van der Waals surface area (Å²) in [5.41, 5.74) is 7.39. The zero-order valence-corrected chi connectivity index (χ0v) is 8.45. The van der Waals surface area contributed by atoms with E-state index in [0.717, 1.165) is 23.3 Å². The summed E-state index contributed by atoms with van der Waals surface area (Å²) in [7, 11) is 0. The molecule has 0 fully saturated rings. The van der Waals surface area contributed by atoms with E-state index >= 15 is 0 Å². The van der Waals surface area contributed by atoms with Gasteiger partial charge in [0.25, 0.3) is 0 Å². The summed E-state index contributed by atoms with van der Waals surface area (Å²) >= 11 is 0. The number of hydrogen-bond acceptors (Lipinski definition) is 3. The van der Waals surface area contributed by atoms with E-state index in [1.165, 1.54) is 0 Å². The van der Waals surface area contributed by atoms with Crippen LogP contribution in [0.4, 0.5) is 0 Å². The van der Waals surface area contributed by atoms with Gasteiger partial charge >= 0.3 is 0 Å². The predicted octanol–water partition coefficient (Wildman–Crippen LogP) is 2.11. The first-order valence-corrected chi connectivity index (χ1v) is 4.67. The van der Waals surface area contributed by atoms with Gasteiger partial charge in [-0.2, -0.15) is 0 Å². The minimum absolute atomic E-state index is 0.242. The fraction of sp³-hybridized carbons (Fsp3) is 0.364. The van der Waals surface area contributed by atoms with Crippen molar-refractivity contribution in [1.29, 1.82) is 0 Å². The molecule has 2 N–H and O–H groups in total.